The van der Waals surface area contributed by atoms with Crippen LogP contribution in [0.4, 0.5) is 0 Å². The Hall–Kier alpha value is -0.990. The molecule has 1 fully saturated rings. The summed E-state index contributed by atoms with van der Waals surface area (Å²) in [7, 11) is 0. The Bertz CT molecular complexity index is 316. The van der Waals surface area contributed by atoms with Gasteiger partial charge in [0.1, 0.15) is 0 Å². The second-order valence-electron chi connectivity index (χ2n) is 3.60. The van der Waals surface area contributed by atoms with Crippen molar-refractivity contribution in [3.8, 4) is 6.07 Å². The molecule has 0 aromatic carbocycles. The summed E-state index contributed by atoms with van der Waals surface area (Å²) < 4.78 is 3.83. The van der Waals surface area contributed by atoms with E-state index in [1.807, 2.05) is 5.38 Å². The predicted octanol–water partition coefficient (Wildman–Crippen LogP) is 1.27. The van der Waals surface area contributed by atoms with Gasteiger partial charge in [0.05, 0.1) is 17.7 Å². The number of aromatic nitrogens is 2. The molecular formula is C9H12N4S. The van der Waals surface area contributed by atoms with Crippen molar-refractivity contribution in [1.82, 2.24) is 14.5 Å². The van der Waals surface area contributed by atoms with E-state index in [1.165, 1.54) is 11.5 Å². The van der Waals surface area contributed by atoms with Crippen molar-refractivity contribution in [1.29, 1.82) is 5.26 Å². The molecule has 0 spiro atoms. The Morgan fingerprint density at radius 1 is 1.71 bits per heavy atom. The lowest BCUT2D eigenvalue weighted by molar-refractivity contribution is 0.190. The van der Waals surface area contributed by atoms with E-state index in [0.29, 0.717) is 0 Å². The van der Waals surface area contributed by atoms with E-state index < -0.39 is 0 Å². The molecule has 2 heterocycles. The van der Waals surface area contributed by atoms with Crippen molar-refractivity contribution in [2.75, 3.05) is 13.1 Å². The van der Waals surface area contributed by atoms with Crippen molar-refractivity contribution >= 4 is 11.5 Å². The second-order valence-corrected chi connectivity index (χ2v) is 4.21. The summed E-state index contributed by atoms with van der Waals surface area (Å²) >= 11 is 1.38. The monoisotopic (exact) mass is 208 g/mol. The fourth-order valence-corrected chi connectivity index (χ4v) is 2.23. The van der Waals surface area contributed by atoms with Crippen molar-refractivity contribution < 1.29 is 0 Å². The molecule has 0 aliphatic carbocycles. The lowest BCUT2D eigenvalue weighted by Crippen LogP contribution is -2.34. The summed E-state index contributed by atoms with van der Waals surface area (Å²) in [6, 6.07) is 2.34. The van der Waals surface area contributed by atoms with Gasteiger partial charge in [-0.1, -0.05) is 4.49 Å². The van der Waals surface area contributed by atoms with Crippen molar-refractivity contribution in [2.24, 2.45) is 5.92 Å². The van der Waals surface area contributed by atoms with Crippen LogP contribution in [0.5, 0.6) is 0 Å². The molecule has 4 nitrogen and oxygen atoms in total. The highest BCUT2D eigenvalue weighted by Crippen LogP contribution is 2.17. The number of likely N-dealkylation sites (tertiary alicyclic amines) is 1. The molecule has 1 aromatic rings. The highest BCUT2D eigenvalue weighted by molar-refractivity contribution is 7.03. The number of piperidine rings is 1. The normalized spacial score (nSPS) is 23.2. The van der Waals surface area contributed by atoms with Crippen molar-refractivity contribution in [2.45, 2.75) is 19.4 Å². The predicted molar refractivity (Wildman–Crippen MR) is 53.5 cm³/mol. The Balaban J connectivity index is 1.90. The van der Waals surface area contributed by atoms with E-state index in [4.69, 9.17) is 5.26 Å². The van der Waals surface area contributed by atoms with E-state index in [-0.39, 0.29) is 5.92 Å². The zero-order valence-corrected chi connectivity index (χ0v) is 8.70. The lowest BCUT2D eigenvalue weighted by atomic mass is 10.00. The molecule has 0 radical (unpaired) electrons. The third kappa shape index (κ3) is 2.28. The van der Waals surface area contributed by atoms with E-state index in [2.05, 4.69) is 20.6 Å². The van der Waals surface area contributed by atoms with Gasteiger partial charge >= 0.3 is 0 Å². The Morgan fingerprint density at radius 3 is 3.36 bits per heavy atom. The van der Waals surface area contributed by atoms with Crippen LogP contribution in [0, 0.1) is 17.2 Å². The first-order chi connectivity index (χ1) is 6.88. The van der Waals surface area contributed by atoms with Crippen LogP contribution in [-0.2, 0) is 6.54 Å². The number of hydrogen-bond donors (Lipinski definition) is 0. The van der Waals surface area contributed by atoms with E-state index in [0.717, 1.165) is 38.2 Å². The van der Waals surface area contributed by atoms with Crippen LogP contribution in [0.15, 0.2) is 5.38 Å². The lowest BCUT2D eigenvalue weighted by Gasteiger charge is -2.28. The Kier molecular flexibility index (Phi) is 3.07. The average molecular weight is 208 g/mol. The second kappa shape index (κ2) is 4.49. The molecule has 0 N–H and O–H groups in total. The minimum Gasteiger partial charge on any atom is -0.296 e. The van der Waals surface area contributed by atoms with Crippen LogP contribution in [0.25, 0.3) is 0 Å². The van der Waals surface area contributed by atoms with Crippen LogP contribution >= 0.6 is 11.5 Å². The van der Waals surface area contributed by atoms with Gasteiger partial charge in [-0.05, 0) is 30.9 Å². The van der Waals surface area contributed by atoms with Gasteiger partial charge in [0.15, 0.2) is 0 Å². The molecule has 1 unspecified atom stereocenters. The molecule has 14 heavy (non-hydrogen) atoms. The molecule has 5 heteroatoms. The van der Waals surface area contributed by atoms with Gasteiger partial charge < -0.3 is 0 Å². The SMILES string of the molecule is N#CC1CCCN(Cc2csnn2)C1. The van der Waals surface area contributed by atoms with Gasteiger partial charge in [-0.2, -0.15) is 5.26 Å². The number of hydrogen-bond acceptors (Lipinski definition) is 5. The molecule has 0 saturated carbocycles. The van der Waals surface area contributed by atoms with Gasteiger partial charge in [0.2, 0.25) is 0 Å². The van der Waals surface area contributed by atoms with Crippen LogP contribution in [0.1, 0.15) is 18.5 Å². The molecule has 0 amide bonds. The molecule has 1 atom stereocenters. The molecule has 1 saturated heterocycles. The first kappa shape index (κ1) is 9.56. The highest BCUT2D eigenvalue weighted by atomic mass is 32.1. The van der Waals surface area contributed by atoms with Crippen molar-refractivity contribution in [3.63, 3.8) is 0 Å². The fourth-order valence-electron chi connectivity index (χ4n) is 1.79. The first-order valence-electron chi connectivity index (χ1n) is 4.76. The number of rotatable bonds is 2. The van der Waals surface area contributed by atoms with Gasteiger partial charge in [-0.15, -0.1) is 5.10 Å². The molecule has 1 aliphatic rings. The molecule has 74 valence electrons. The number of nitrogens with zero attached hydrogens (tertiary/aromatic N) is 4. The smallest absolute Gasteiger partial charge is 0.0895 e. The zero-order chi connectivity index (χ0) is 9.80. The van der Waals surface area contributed by atoms with E-state index >= 15 is 0 Å². The van der Waals surface area contributed by atoms with E-state index in [1.54, 1.807) is 0 Å². The summed E-state index contributed by atoms with van der Waals surface area (Å²) in [6.45, 7) is 2.80. The van der Waals surface area contributed by atoms with Gasteiger partial charge in [-0.25, -0.2) is 0 Å². The van der Waals surface area contributed by atoms with Gasteiger partial charge in [0, 0.05) is 18.5 Å². The van der Waals surface area contributed by atoms with Gasteiger partial charge in [-0.3, -0.25) is 4.90 Å². The van der Waals surface area contributed by atoms with Crippen molar-refractivity contribution in [3.05, 3.63) is 11.1 Å². The average Bonchev–Trinajstić information content (AvgIpc) is 2.71. The Labute approximate surface area is 87.3 Å². The zero-order valence-electron chi connectivity index (χ0n) is 7.89. The summed E-state index contributed by atoms with van der Waals surface area (Å²) in [5, 5.41) is 14.8. The minimum atomic E-state index is 0.204. The molecular weight excluding hydrogens is 196 g/mol. The quantitative estimate of drug-likeness (QED) is 0.734. The van der Waals surface area contributed by atoms with Crippen LogP contribution in [-0.4, -0.2) is 27.6 Å². The Morgan fingerprint density at radius 2 is 2.64 bits per heavy atom. The first-order valence-corrected chi connectivity index (χ1v) is 5.60. The van der Waals surface area contributed by atoms with Gasteiger partial charge in [0.25, 0.3) is 0 Å². The fraction of sp³-hybridized carbons (Fsp3) is 0.667. The summed E-state index contributed by atoms with van der Waals surface area (Å²) in [6.07, 6.45) is 2.16. The van der Waals surface area contributed by atoms with Crippen LogP contribution in [0.2, 0.25) is 0 Å². The largest absolute Gasteiger partial charge is 0.296 e. The summed E-state index contributed by atoms with van der Waals surface area (Å²) in [4.78, 5) is 2.29. The molecule has 1 aromatic heterocycles. The highest BCUT2D eigenvalue weighted by Gasteiger charge is 2.19. The minimum absolute atomic E-state index is 0.204. The third-order valence-electron chi connectivity index (χ3n) is 2.48. The maximum atomic E-state index is 8.83. The maximum Gasteiger partial charge on any atom is 0.0895 e. The molecule has 0 bridgehead atoms. The molecule has 2 rings (SSSR count). The summed E-state index contributed by atoms with van der Waals surface area (Å²) in [5.74, 6) is 0.204. The maximum absolute atomic E-state index is 8.83. The number of nitriles is 1. The topological polar surface area (TPSA) is 52.8 Å². The van der Waals surface area contributed by atoms with E-state index in [9.17, 15) is 0 Å². The standard InChI is InChI=1S/C9H12N4S/c10-4-8-2-1-3-13(5-8)6-9-7-14-12-11-9/h7-8H,1-3,5-6H2. The molecule has 1 aliphatic heterocycles. The third-order valence-corrected chi connectivity index (χ3v) is 3.03. The van der Waals surface area contributed by atoms with Crippen LogP contribution < -0.4 is 0 Å². The van der Waals surface area contributed by atoms with Crippen LogP contribution in [0.3, 0.4) is 0 Å². The summed E-state index contributed by atoms with van der Waals surface area (Å²) in [5.41, 5.74) is 1.02.